The average Bonchev–Trinajstić information content (AvgIpc) is 3.28. The summed E-state index contributed by atoms with van der Waals surface area (Å²) < 4.78 is 0. The van der Waals surface area contributed by atoms with E-state index in [2.05, 4.69) is 43.0 Å². The molecule has 10 heteroatoms. The lowest BCUT2D eigenvalue weighted by molar-refractivity contribution is 0.179. The van der Waals surface area contributed by atoms with E-state index in [-0.39, 0.29) is 6.54 Å². The van der Waals surface area contributed by atoms with Gasteiger partial charge in [0.1, 0.15) is 0 Å². The molecule has 1 fully saturated rings. The van der Waals surface area contributed by atoms with Crippen molar-refractivity contribution in [1.82, 2.24) is 25.9 Å². The van der Waals surface area contributed by atoms with Gasteiger partial charge in [0.15, 0.2) is 0 Å². The maximum absolute atomic E-state index is 9.68. The molecule has 1 aromatic heterocycles. The van der Waals surface area contributed by atoms with Crippen LogP contribution in [0, 0.1) is 5.92 Å². The highest BCUT2D eigenvalue weighted by molar-refractivity contribution is 5.79. The minimum Gasteiger partial charge on any atom is -0.390 e. The van der Waals surface area contributed by atoms with Crippen LogP contribution in [0.2, 0.25) is 0 Å². The third-order valence-electron chi connectivity index (χ3n) is 5.66. The molecule has 1 atom stereocenters. The Hall–Kier alpha value is -2.11. The minimum atomic E-state index is -0.568. The first-order valence-corrected chi connectivity index (χ1v) is 10.3. The van der Waals surface area contributed by atoms with E-state index >= 15 is 0 Å². The molecule has 1 aliphatic rings. The van der Waals surface area contributed by atoms with Gasteiger partial charge in [-0.3, -0.25) is 0 Å². The second-order valence-electron chi connectivity index (χ2n) is 7.57. The summed E-state index contributed by atoms with van der Waals surface area (Å²) in [5.74, 6) is 1.24. The summed E-state index contributed by atoms with van der Waals surface area (Å²) >= 11 is 0. The number of tetrazole rings is 1. The highest BCUT2D eigenvalue weighted by Crippen LogP contribution is 2.36. The number of H-pyrrole nitrogens is 1. The fourth-order valence-electron chi connectivity index (χ4n) is 4.01. The fourth-order valence-corrected chi connectivity index (χ4v) is 4.01. The van der Waals surface area contributed by atoms with Crippen LogP contribution in [0.15, 0.2) is 12.1 Å². The molecule has 1 aliphatic heterocycles. The number of hydrogen-bond acceptors (Lipinski definition) is 9. The molecule has 2 heterocycles. The number of aromatic amines is 1. The zero-order valence-electron chi connectivity index (χ0n) is 16.8. The number of aliphatic hydroxyl groups excluding tert-OH is 1. The molecule has 0 radical (unpaired) electrons. The predicted molar refractivity (Wildman–Crippen MR) is 113 cm³/mol. The molecule has 2 aromatic rings. The predicted octanol–water partition coefficient (Wildman–Crippen LogP) is -0.700. The Morgan fingerprint density at radius 2 is 2.03 bits per heavy atom. The monoisotopic (exact) mass is 403 g/mol. The molecule has 0 spiro atoms. The van der Waals surface area contributed by atoms with Crippen molar-refractivity contribution in [2.24, 2.45) is 23.1 Å². The van der Waals surface area contributed by atoms with E-state index in [1.54, 1.807) is 0 Å². The lowest BCUT2D eigenvalue weighted by Gasteiger charge is -2.35. The van der Waals surface area contributed by atoms with Crippen LogP contribution in [-0.2, 0) is 13.1 Å². The lowest BCUT2D eigenvalue weighted by atomic mass is 9.91. The fraction of sp³-hybridized carbons (Fsp3) is 0.632. The van der Waals surface area contributed by atoms with Gasteiger partial charge in [-0.25, -0.2) is 0 Å². The van der Waals surface area contributed by atoms with Crippen molar-refractivity contribution in [2.75, 3.05) is 37.6 Å². The van der Waals surface area contributed by atoms with E-state index in [4.69, 9.17) is 17.2 Å². The Labute approximate surface area is 171 Å². The summed E-state index contributed by atoms with van der Waals surface area (Å²) in [4.78, 5) is 2.38. The lowest BCUT2D eigenvalue weighted by Crippen LogP contribution is -2.35. The van der Waals surface area contributed by atoms with Crippen LogP contribution in [-0.4, -0.2) is 64.6 Å². The number of nitrogens with zero attached hydrogens (tertiary/aromatic N) is 4. The molecule has 0 bridgehead atoms. The van der Waals surface area contributed by atoms with Gasteiger partial charge in [-0.2, -0.15) is 5.21 Å². The normalized spacial score (nSPS) is 16.3. The number of benzene rings is 1. The van der Waals surface area contributed by atoms with Gasteiger partial charge in [-0.1, -0.05) is 6.07 Å². The molecule has 1 saturated heterocycles. The maximum Gasteiger partial charge on any atom is 0.207 e. The Kier molecular flexibility index (Phi) is 7.90. The molecule has 0 saturated carbocycles. The van der Waals surface area contributed by atoms with Crippen LogP contribution >= 0.6 is 0 Å². The van der Waals surface area contributed by atoms with Crippen molar-refractivity contribution in [3.63, 3.8) is 0 Å². The third kappa shape index (κ3) is 5.28. The van der Waals surface area contributed by atoms with Crippen molar-refractivity contribution < 1.29 is 5.11 Å². The Bertz CT molecular complexity index is 744. The number of piperidine rings is 1. The first kappa shape index (κ1) is 21.6. The third-order valence-corrected chi connectivity index (χ3v) is 5.66. The number of aliphatic hydroxyl groups is 1. The average molecular weight is 404 g/mol. The largest absolute Gasteiger partial charge is 0.390 e. The SMILES string of the molecule is NCCC1CCN(c2ccc(CNC[C@H](O)CN)c(CN)c2-c2nn[nH]n2)CC1. The maximum atomic E-state index is 9.68. The first-order valence-electron chi connectivity index (χ1n) is 10.3. The molecular weight excluding hydrogens is 370 g/mol. The van der Waals surface area contributed by atoms with Crippen LogP contribution in [0.25, 0.3) is 11.4 Å². The highest BCUT2D eigenvalue weighted by atomic mass is 16.3. The van der Waals surface area contributed by atoms with Gasteiger partial charge in [0.2, 0.25) is 5.82 Å². The summed E-state index contributed by atoms with van der Waals surface area (Å²) in [6, 6.07) is 4.21. The Balaban J connectivity index is 1.87. The van der Waals surface area contributed by atoms with E-state index in [9.17, 15) is 5.11 Å². The van der Waals surface area contributed by atoms with Gasteiger partial charge in [0, 0.05) is 45.0 Å². The Morgan fingerprint density at radius 1 is 1.24 bits per heavy atom. The van der Waals surface area contributed by atoms with E-state index in [1.165, 1.54) is 0 Å². The Morgan fingerprint density at radius 3 is 2.66 bits per heavy atom. The van der Waals surface area contributed by atoms with E-state index in [0.717, 1.165) is 61.3 Å². The molecule has 0 unspecified atom stereocenters. The number of aromatic nitrogens is 4. The van der Waals surface area contributed by atoms with Crippen molar-refractivity contribution in [3.05, 3.63) is 23.3 Å². The van der Waals surface area contributed by atoms with Crippen LogP contribution in [0.5, 0.6) is 0 Å². The topological polar surface area (TPSA) is 168 Å². The van der Waals surface area contributed by atoms with E-state index in [1.807, 2.05) is 0 Å². The van der Waals surface area contributed by atoms with Gasteiger partial charge < -0.3 is 32.5 Å². The molecule has 160 valence electrons. The quantitative estimate of drug-likeness (QED) is 0.300. The van der Waals surface area contributed by atoms with Crippen LogP contribution < -0.4 is 27.4 Å². The highest BCUT2D eigenvalue weighted by Gasteiger charge is 2.25. The molecular formula is C19H33N9O. The minimum absolute atomic E-state index is 0.226. The van der Waals surface area contributed by atoms with Crippen LogP contribution in [0.3, 0.4) is 0 Å². The van der Waals surface area contributed by atoms with Gasteiger partial charge in [0.25, 0.3) is 0 Å². The number of hydrogen-bond donors (Lipinski definition) is 6. The molecule has 10 nitrogen and oxygen atoms in total. The number of anilines is 1. The van der Waals surface area contributed by atoms with Gasteiger partial charge in [-0.05, 0) is 54.1 Å². The molecule has 29 heavy (non-hydrogen) atoms. The van der Waals surface area contributed by atoms with E-state index in [0.29, 0.717) is 31.4 Å². The summed E-state index contributed by atoms with van der Waals surface area (Å²) in [6.07, 6.45) is 2.77. The molecule has 0 aliphatic carbocycles. The molecule has 9 N–H and O–H groups in total. The van der Waals surface area contributed by atoms with Crippen molar-refractivity contribution >= 4 is 5.69 Å². The summed E-state index contributed by atoms with van der Waals surface area (Å²) in [5.41, 5.74) is 21.4. The van der Waals surface area contributed by atoms with Crippen LogP contribution in [0.4, 0.5) is 5.69 Å². The van der Waals surface area contributed by atoms with E-state index < -0.39 is 6.10 Å². The van der Waals surface area contributed by atoms with Gasteiger partial charge >= 0.3 is 0 Å². The molecule has 0 amide bonds. The molecule has 1 aromatic carbocycles. The first-order chi connectivity index (χ1) is 14.2. The number of nitrogens with two attached hydrogens (primary N) is 3. The smallest absolute Gasteiger partial charge is 0.207 e. The van der Waals surface area contributed by atoms with Crippen molar-refractivity contribution in [3.8, 4) is 11.4 Å². The zero-order valence-corrected chi connectivity index (χ0v) is 16.8. The van der Waals surface area contributed by atoms with Crippen molar-refractivity contribution in [1.29, 1.82) is 0 Å². The summed E-state index contributed by atoms with van der Waals surface area (Å²) in [6.45, 7) is 4.28. The summed E-state index contributed by atoms with van der Waals surface area (Å²) in [7, 11) is 0. The second kappa shape index (κ2) is 10.6. The standard InChI is InChI=1S/C19H33N9O/c20-6-3-13-4-7-28(8-5-13)17-2-1-14(11-23-12-15(29)9-21)16(10-22)18(17)19-24-26-27-25-19/h1-2,13,15,23,29H,3-12,20-22H2,(H,24,25,26,27)/t15-/m1/s1. The summed E-state index contributed by atoms with van der Waals surface area (Å²) in [5, 5.41) is 27.7. The van der Waals surface area contributed by atoms with Crippen LogP contribution in [0.1, 0.15) is 30.4 Å². The second-order valence-corrected chi connectivity index (χ2v) is 7.57. The number of nitrogens with one attached hydrogen (secondary N) is 2. The molecule has 3 rings (SSSR count). The number of rotatable bonds is 10. The van der Waals surface area contributed by atoms with Gasteiger partial charge in [-0.15, -0.1) is 10.2 Å². The van der Waals surface area contributed by atoms with Gasteiger partial charge in [0.05, 0.1) is 11.7 Å². The zero-order chi connectivity index (χ0) is 20.6. The van der Waals surface area contributed by atoms with Crippen molar-refractivity contribution in [2.45, 2.75) is 38.5 Å².